The molecule has 7 heteroatoms. The molecule has 31 heavy (non-hydrogen) atoms. The number of nitrogens with zero attached hydrogens (tertiary/aromatic N) is 1. The van der Waals surface area contributed by atoms with Crippen molar-refractivity contribution in [1.29, 1.82) is 0 Å². The minimum absolute atomic E-state index is 0.105. The third-order valence-electron chi connectivity index (χ3n) is 4.21. The summed E-state index contributed by atoms with van der Waals surface area (Å²) in [6, 6.07) is 10.8. The first-order valence-electron chi connectivity index (χ1n) is 9.24. The van der Waals surface area contributed by atoms with Gasteiger partial charge in [0.05, 0.1) is 17.3 Å². The summed E-state index contributed by atoms with van der Waals surface area (Å²) < 4.78 is 61.6. The first kappa shape index (κ1) is 22.2. The van der Waals surface area contributed by atoms with Crippen LogP contribution in [0.1, 0.15) is 24.5 Å². The van der Waals surface area contributed by atoms with E-state index < -0.39 is 29.0 Å². The van der Waals surface area contributed by atoms with Crippen molar-refractivity contribution >= 4 is 23.1 Å². The lowest BCUT2D eigenvalue weighted by molar-refractivity contribution is 0.313. The molecule has 0 aromatic heterocycles. The van der Waals surface area contributed by atoms with Crippen LogP contribution < -0.4 is 4.74 Å². The van der Waals surface area contributed by atoms with Crippen LogP contribution in [0.15, 0.2) is 53.5 Å². The molecule has 156 valence electrons. The summed E-state index contributed by atoms with van der Waals surface area (Å²) >= 11 is 4.38. The molecule has 0 heterocycles. The molecule has 3 aromatic rings. The SMILES string of the molecule is CCCOc1cc(F)c(C#Cc2ccc(-c3cc(F)c(N=C=S)c(F)c3)cc2)c(F)c1. The number of thiocarbonyl (C=S) groups is 1. The average molecular weight is 441 g/mol. The highest BCUT2D eigenvalue weighted by Crippen LogP contribution is 2.29. The van der Waals surface area contributed by atoms with Gasteiger partial charge in [0.2, 0.25) is 0 Å². The number of rotatable bonds is 5. The Balaban J connectivity index is 1.85. The molecule has 3 rings (SSSR count). The fraction of sp³-hybridized carbons (Fsp3) is 0.125. The fourth-order valence-corrected chi connectivity index (χ4v) is 2.83. The van der Waals surface area contributed by atoms with Crippen molar-refractivity contribution < 1.29 is 22.3 Å². The van der Waals surface area contributed by atoms with Gasteiger partial charge in [-0.05, 0) is 54.0 Å². The Hall–Kier alpha value is -3.46. The molecule has 0 saturated heterocycles. The average Bonchev–Trinajstić information content (AvgIpc) is 2.74. The Morgan fingerprint density at radius 3 is 2.00 bits per heavy atom. The van der Waals surface area contributed by atoms with E-state index in [0.29, 0.717) is 24.2 Å². The Bertz CT molecular complexity index is 1180. The van der Waals surface area contributed by atoms with Crippen LogP contribution in [-0.2, 0) is 0 Å². The van der Waals surface area contributed by atoms with Crippen molar-refractivity contribution in [3.05, 3.63) is 82.9 Å². The molecule has 0 spiro atoms. The molecule has 0 bridgehead atoms. The zero-order valence-corrected chi connectivity index (χ0v) is 17.1. The van der Waals surface area contributed by atoms with E-state index in [2.05, 4.69) is 29.1 Å². The number of isothiocyanates is 1. The summed E-state index contributed by atoms with van der Waals surface area (Å²) in [6.45, 7) is 2.24. The smallest absolute Gasteiger partial charge is 0.153 e. The maximum atomic E-state index is 14.2. The number of hydrogen-bond acceptors (Lipinski definition) is 3. The quantitative estimate of drug-likeness (QED) is 0.187. The monoisotopic (exact) mass is 441 g/mol. The van der Waals surface area contributed by atoms with Gasteiger partial charge in [0.1, 0.15) is 23.1 Å². The van der Waals surface area contributed by atoms with Gasteiger partial charge in [0, 0.05) is 17.7 Å². The molecule has 0 radical (unpaired) electrons. The molecule has 0 N–H and O–H groups in total. The molecular weight excluding hydrogens is 426 g/mol. The summed E-state index contributed by atoms with van der Waals surface area (Å²) in [6.07, 6.45) is 0.714. The largest absolute Gasteiger partial charge is 0.493 e. The van der Waals surface area contributed by atoms with Crippen molar-refractivity contribution in [2.24, 2.45) is 4.99 Å². The van der Waals surface area contributed by atoms with E-state index in [4.69, 9.17) is 4.74 Å². The van der Waals surface area contributed by atoms with Gasteiger partial charge in [0.15, 0.2) is 11.6 Å². The van der Waals surface area contributed by atoms with Gasteiger partial charge in [-0.25, -0.2) is 17.6 Å². The second-order valence-corrected chi connectivity index (χ2v) is 6.61. The Morgan fingerprint density at radius 1 is 0.839 bits per heavy atom. The van der Waals surface area contributed by atoms with Crippen LogP contribution in [0.4, 0.5) is 23.2 Å². The van der Waals surface area contributed by atoms with Crippen LogP contribution in [0.2, 0.25) is 0 Å². The van der Waals surface area contributed by atoms with Crippen molar-refractivity contribution in [2.75, 3.05) is 6.61 Å². The summed E-state index contributed by atoms with van der Waals surface area (Å²) in [7, 11) is 0. The van der Waals surface area contributed by atoms with Gasteiger partial charge in [-0.3, -0.25) is 0 Å². The lowest BCUT2D eigenvalue weighted by Gasteiger charge is -2.06. The third kappa shape index (κ3) is 5.37. The molecule has 0 saturated carbocycles. The molecule has 3 aromatic carbocycles. The van der Waals surface area contributed by atoms with Crippen molar-refractivity contribution in [3.63, 3.8) is 0 Å². The lowest BCUT2D eigenvalue weighted by atomic mass is 10.0. The molecule has 0 atom stereocenters. The maximum absolute atomic E-state index is 14.2. The standard InChI is InChI=1S/C24H15F4NOS/c1-2-9-30-18-12-20(25)19(21(26)13-18)8-5-15-3-6-16(7-4-15)17-10-22(27)24(29-14-31)23(28)11-17/h3-4,6-7,10-13H,2,9H2,1H3. The van der Waals surface area contributed by atoms with E-state index in [-0.39, 0.29) is 16.9 Å². The number of ether oxygens (including phenoxy) is 1. The lowest BCUT2D eigenvalue weighted by Crippen LogP contribution is -1.98. The first-order valence-corrected chi connectivity index (χ1v) is 9.65. The van der Waals surface area contributed by atoms with Gasteiger partial charge in [0.25, 0.3) is 0 Å². The predicted molar refractivity (Wildman–Crippen MR) is 115 cm³/mol. The molecule has 0 amide bonds. The maximum Gasteiger partial charge on any atom is 0.153 e. The van der Waals surface area contributed by atoms with Crippen LogP contribution in [0.5, 0.6) is 5.75 Å². The minimum Gasteiger partial charge on any atom is -0.493 e. The van der Waals surface area contributed by atoms with Gasteiger partial charge >= 0.3 is 0 Å². The van der Waals surface area contributed by atoms with E-state index in [0.717, 1.165) is 24.3 Å². The van der Waals surface area contributed by atoms with Crippen LogP contribution in [0, 0.1) is 35.1 Å². The Kier molecular flexibility index (Phi) is 7.19. The molecule has 0 unspecified atom stereocenters. The number of benzene rings is 3. The van der Waals surface area contributed by atoms with Crippen LogP contribution in [0.25, 0.3) is 11.1 Å². The van der Waals surface area contributed by atoms with E-state index in [1.807, 2.05) is 12.1 Å². The Labute approximate surface area is 182 Å². The number of hydrogen-bond donors (Lipinski definition) is 0. The van der Waals surface area contributed by atoms with Crippen molar-refractivity contribution in [2.45, 2.75) is 13.3 Å². The van der Waals surface area contributed by atoms with Crippen LogP contribution in [0.3, 0.4) is 0 Å². The molecular formula is C24H15F4NOS. The summed E-state index contributed by atoms with van der Waals surface area (Å²) in [5.41, 5.74) is 0.411. The second kappa shape index (κ2) is 10.0. The van der Waals surface area contributed by atoms with E-state index >= 15 is 0 Å². The zero-order chi connectivity index (χ0) is 22.4. The van der Waals surface area contributed by atoms with E-state index in [9.17, 15) is 17.6 Å². The summed E-state index contributed by atoms with van der Waals surface area (Å²) in [5, 5.41) is 1.93. The third-order valence-corrected chi connectivity index (χ3v) is 4.30. The van der Waals surface area contributed by atoms with Crippen molar-refractivity contribution in [3.8, 4) is 28.7 Å². The van der Waals surface area contributed by atoms with Gasteiger partial charge < -0.3 is 4.74 Å². The van der Waals surface area contributed by atoms with Crippen molar-refractivity contribution in [1.82, 2.24) is 0 Å². The highest BCUT2D eigenvalue weighted by molar-refractivity contribution is 7.78. The summed E-state index contributed by atoms with van der Waals surface area (Å²) in [4.78, 5) is 3.37. The Morgan fingerprint density at radius 2 is 1.45 bits per heavy atom. The van der Waals surface area contributed by atoms with Crippen LogP contribution in [-0.4, -0.2) is 11.8 Å². The summed E-state index contributed by atoms with van der Waals surface area (Å²) in [5.74, 6) is 1.89. The predicted octanol–water partition coefficient (Wildman–Crippen LogP) is 6.83. The second-order valence-electron chi connectivity index (χ2n) is 6.43. The van der Waals surface area contributed by atoms with Crippen LogP contribution >= 0.6 is 12.2 Å². The highest BCUT2D eigenvalue weighted by atomic mass is 32.1. The minimum atomic E-state index is -0.867. The highest BCUT2D eigenvalue weighted by Gasteiger charge is 2.12. The van der Waals surface area contributed by atoms with Gasteiger partial charge in [-0.15, -0.1) is 0 Å². The normalized spacial score (nSPS) is 10.1. The fourth-order valence-electron chi connectivity index (χ4n) is 2.74. The van der Waals surface area contributed by atoms with E-state index in [1.54, 1.807) is 24.3 Å². The first-order chi connectivity index (χ1) is 14.9. The zero-order valence-electron chi connectivity index (χ0n) is 16.3. The number of aliphatic imine (C=N–C) groups is 1. The van der Waals surface area contributed by atoms with E-state index in [1.165, 1.54) is 0 Å². The van der Waals surface area contributed by atoms with Gasteiger partial charge in [-0.2, -0.15) is 4.99 Å². The molecule has 0 fully saturated rings. The molecule has 0 aliphatic heterocycles. The molecule has 2 nitrogen and oxygen atoms in total. The molecule has 0 aliphatic rings. The van der Waals surface area contributed by atoms with Gasteiger partial charge in [-0.1, -0.05) is 30.9 Å². The molecule has 0 aliphatic carbocycles. The number of halogens is 4. The topological polar surface area (TPSA) is 21.6 Å².